The highest BCUT2D eigenvalue weighted by molar-refractivity contribution is 5.80. The van der Waals surface area contributed by atoms with Gasteiger partial charge >= 0.3 is 0 Å². The van der Waals surface area contributed by atoms with E-state index in [9.17, 15) is 4.79 Å². The molecule has 0 radical (unpaired) electrons. The third-order valence-electron chi connectivity index (χ3n) is 4.32. The number of nitrogens with zero attached hydrogens (tertiary/aromatic N) is 2. The number of amides is 1. The van der Waals surface area contributed by atoms with Gasteiger partial charge in [0.1, 0.15) is 11.3 Å². The van der Waals surface area contributed by atoms with Gasteiger partial charge in [-0.1, -0.05) is 32.0 Å². The summed E-state index contributed by atoms with van der Waals surface area (Å²) in [6.45, 7) is 7.78. The number of hydrogen-bond donors (Lipinski definition) is 0. The fraction of sp³-hybridized carbons (Fsp3) is 0.526. The third kappa shape index (κ3) is 4.58. The van der Waals surface area contributed by atoms with Gasteiger partial charge in [0.25, 0.3) is 0 Å². The standard InChI is InChI=1S/C19H28N2O2/c1-14(2)10-11-20(4)13-19(22)21(5)15(3)18-12-16-8-6-7-9-17(16)23-18/h6-9,12,14-15H,10-11,13H2,1-5H3. The molecule has 1 aromatic carbocycles. The lowest BCUT2D eigenvalue weighted by Gasteiger charge is -2.26. The molecule has 0 spiro atoms. The molecule has 0 N–H and O–H groups in total. The van der Waals surface area contributed by atoms with E-state index in [2.05, 4.69) is 18.7 Å². The normalized spacial score (nSPS) is 13.0. The third-order valence-corrected chi connectivity index (χ3v) is 4.32. The van der Waals surface area contributed by atoms with Crippen LogP contribution in [-0.4, -0.2) is 42.9 Å². The van der Waals surface area contributed by atoms with Gasteiger partial charge in [-0.05, 0) is 45.0 Å². The average molecular weight is 316 g/mol. The maximum Gasteiger partial charge on any atom is 0.237 e. The molecule has 1 unspecified atom stereocenters. The lowest BCUT2D eigenvalue weighted by atomic mass is 10.1. The Morgan fingerprint density at radius 2 is 1.87 bits per heavy atom. The minimum absolute atomic E-state index is 0.0756. The summed E-state index contributed by atoms with van der Waals surface area (Å²) < 4.78 is 5.88. The van der Waals surface area contributed by atoms with Gasteiger partial charge in [-0.15, -0.1) is 0 Å². The second-order valence-corrected chi connectivity index (χ2v) is 6.79. The Morgan fingerprint density at radius 3 is 2.52 bits per heavy atom. The van der Waals surface area contributed by atoms with Gasteiger partial charge in [-0.2, -0.15) is 0 Å². The number of carbonyl (C=O) groups excluding carboxylic acids is 1. The first-order chi connectivity index (χ1) is 10.9. The lowest BCUT2D eigenvalue weighted by Crippen LogP contribution is -2.38. The van der Waals surface area contributed by atoms with E-state index in [1.54, 1.807) is 4.90 Å². The maximum atomic E-state index is 12.5. The summed E-state index contributed by atoms with van der Waals surface area (Å²) in [5.41, 5.74) is 0.865. The summed E-state index contributed by atoms with van der Waals surface area (Å²) in [5, 5.41) is 1.07. The second kappa shape index (κ2) is 7.64. The van der Waals surface area contributed by atoms with Crippen LogP contribution in [-0.2, 0) is 4.79 Å². The largest absolute Gasteiger partial charge is 0.459 e. The van der Waals surface area contributed by atoms with E-state index in [4.69, 9.17) is 4.42 Å². The molecule has 1 heterocycles. The van der Waals surface area contributed by atoms with Gasteiger partial charge in [0.15, 0.2) is 0 Å². The average Bonchev–Trinajstić information content (AvgIpc) is 2.95. The number of benzene rings is 1. The lowest BCUT2D eigenvalue weighted by molar-refractivity contribution is -0.133. The van der Waals surface area contributed by atoms with Crippen LogP contribution in [0.4, 0.5) is 0 Å². The van der Waals surface area contributed by atoms with Crippen LogP contribution in [0.15, 0.2) is 34.7 Å². The molecule has 2 rings (SSSR count). The van der Waals surface area contributed by atoms with Crippen molar-refractivity contribution in [3.63, 3.8) is 0 Å². The maximum absolute atomic E-state index is 12.5. The van der Waals surface area contributed by atoms with Crippen LogP contribution >= 0.6 is 0 Å². The van der Waals surface area contributed by atoms with Crippen molar-refractivity contribution in [3.05, 3.63) is 36.1 Å². The minimum atomic E-state index is -0.0756. The van der Waals surface area contributed by atoms with E-state index >= 15 is 0 Å². The van der Waals surface area contributed by atoms with Crippen molar-refractivity contribution in [2.24, 2.45) is 5.92 Å². The highest BCUT2D eigenvalue weighted by atomic mass is 16.3. The van der Waals surface area contributed by atoms with Crippen LogP contribution in [0.1, 0.15) is 39.0 Å². The molecule has 0 aliphatic heterocycles. The molecule has 0 bridgehead atoms. The zero-order chi connectivity index (χ0) is 17.0. The molecular formula is C19H28N2O2. The predicted molar refractivity (Wildman–Crippen MR) is 94.4 cm³/mol. The quantitative estimate of drug-likeness (QED) is 0.776. The molecule has 1 atom stereocenters. The van der Waals surface area contributed by atoms with Gasteiger partial charge in [0.05, 0.1) is 12.6 Å². The summed E-state index contributed by atoms with van der Waals surface area (Å²) in [4.78, 5) is 16.3. The van der Waals surface area contributed by atoms with Crippen LogP contribution in [0.5, 0.6) is 0 Å². The van der Waals surface area contributed by atoms with Crippen LogP contribution in [0.25, 0.3) is 11.0 Å². The number of carbonyl (C=O) groups is 1. The Hall–Kier alpha value is -1.81. The summed E-state index contributed by atoms with van der Waals surface area (Å²) in [6, 6.07) is 9.87. The molecule has 0 aliphatic rings. The number of fused-ring (bicyclic) bond motifs is 1. The van der Waals surface area contributed by atoms with Gasteiger partial charge in [0.2, 0.25) is 5.91 Å². The Bertz CT molecular complexity index is 615. The van der Waals surface area contributed by atoms with Crippen LogP contribution < -0.4 is 0 Å². The molecule has 1 aromatic heterocycles. The highest BCUT2D eigenvalue weighted by Gasteiger charge is 2.21. The monoisotopic (exact) mass is 316 g/mol. The number of likely N-dealkylation sites (N-methyl/N-ethyl adjacent to an activating group) is 2. The molecule has 0 saturated heterocycles. The first-order valence-electron chi connectivity index (χ1n) is 8.31. The molecule has 4 nitrogen and oxygen atoms in total. The molecular weight excluding hydrogens is 288 g/mol. The Morgan fingerprint density at radius 1 is 1.17 bits per heavy atom. The zero-order valence-electron chi connectivity index (χ0n) is 14.9. The van der Waals surface area contributed by atoms with Crippen molar-refractivity contribution >= 4 is 16.9 Å². The van der Waals surface area contributed by atoms with Crippen molar-refractivity contribution in [1.29, 1.82) is 0 Å². The van der Waals surface area contributed by atoms with E-state index in [1.807, 2.05) is 51.4 Å². The molecule has 23 heavy (non-hydrogen) atoms. The van der Waals surface area contributed by atoms with Crippen molar-refractivity contribution in [3.8, 4) is 0 Å². The Kier molecular flexibility index (Phi) is 5.83. The first-order valence-corrected chi connectivity index (χ1v) is 8.31. The molecule has 0 fully saturated rings. The molecule has 2 aromatic rings. The number of hydrogen-bond acceptors (Lipinski definition) is 3. The summed E-state index contributed by atoms with van der Waals surface area (Å²) >= 11 is 0. The Balaban J connectivity index is 1.98. The van der Waals surface area contributed by atoms with Gasteiger partial charge in [-0.3, -0.25) is 9.69 Å². The number of furan rings is 1. The van der Waals surface area contributed by atoms with Crippen LogP contribution in [0.3, 0.4) is 0 Å². The molecule has 0 aliphatic carbocycles. The van der Waals surface area contributed by atoms with Crippen molar-refractivity contribution in [1.82, 2.24) is 9.80 Å². The van der Waals surface area contributed by atoms with Gasteiger partial charge < -0.3 is 9.32 Å². The second-order valence-electron chi connectivity index (χ2n) is 6.79. The number of para-hydroxylation sites is 1. The minimum Gasteiger partial charge on any atom is -0.459 e. The van der Waals surface area contributed by atoms with E-state index in [0.717, 1.165) is 29.7 Å². The fourth-order valence-electron chi connectivity index (χ4n) is 2.52. The van der Waals surface area contributed by atoms with E-state index in [-0.39, 0.29) is 11.9 Å². The van der Waals surface area contributed by atoms with E-state index < -0.39 is 0 Å². The predicted octanol–water partition coefficient (Wildman–Crippen LogP) is 3.93. The smallest absolute Gasteiger partial charge is 0.237 e. The van der Waals surface area contributed by atoms with Crippen molar-refractivity contribution < 1.29 is 9.21 Å². The highest BCUT2D eigenvalue weighted by Crippen LogP contribution is 2.26. The van der Waals surface area contributed by atoms with Crippen LogP contribution in [0, 0.1) is 5.92 Å². The van der Waals surface area contributed by atoms with Gasteiger partial charge in [-0.25, -0.2) is 0 Å². The first kappa shape index (κ1) is 17.5. The summed E-state index contributed by atoms with van der Waals surface area (Å²) in [7, 11) is 3.84. The summed E-state index contributed by atoms with van der Waals surface area (Å²) in [6.07, 6.45) is 1.10. The molecule has 1 amide bonds. The van der Waals surface area contributed by atoms with E-state index in [0.29, 0.717) is 12.5 Å². The molecule has 4 heteroatoms. The Labute approximate surface area is 139 Å². The zero-order valence-corrected chi connectivity index (χ0v) is 14.9. The fourth-order valence-corrected chi connectivity index (χ4v) is 2.52. The molecule has 0 saturated carbocycles. The SMILES string of the molecule is CC(C)CCN(C)CC(=O)N(C)C(C)c1cc2ccccc2o1. The summed E-state index contributed by atoms with van der Waals surface area (Å²) in [5.74, 6) is 1.59. The molecule has 126 valence electrons. The van der Waals surface area contributed by atoms with E-state index in [1.165, 1.54) is 0 Å². The van der Waals surface area contributed by atoms with Crippen molar-refractivity contribution in [2.75, 3.05) is 27.2 Å². The topological polar surface area (TPSA) is 36.7 Å². The van der Waals surface area contributed by atoms with Crippen LogP contribution in [0.2, 0.25) is 0 Å². The van der Waals surface area contributed by atoms with Crippen molar-refractivity contribution in [2.45, 2.75) is 33.2 Å². The van der Waals surface area contributed by atoms with Gasteiger partial charge in [0, 0.05) is 12.4 Å². The number of rotatable bonds is 7.